The van der Waals surface area contributed by atoms with Crippen molar-refractivity contribution in [3.63, 3.8) is 0 Å². The summed E-state index contributed by atoms with van der Waals surface area (Å²) in [5.74, 6) is 1.71. The van der Waals surface area contributed by atoms with Gasteiger partial charge in [0.1, 0.15) is 11.5 Å². The minimum absolute atomic E-state index is 0.0673. The summed E-state index contributed by atoms with van der Waals surface area (Å²) in [5, 5.41) is 0. The molecule has 0 bridgehead atoms. The van der Waals surface area contributed by atoms with Crippen molar-refractivity contribution in [2.24, 2.45) is 11.8 Å². The average molecular weight is 499 g/mol. The van der Waals surface area contributed by atoms with Gasteiger partial charge in [-0.25, -0.2) is 0 Å². The molecule has 6 heteroatoms. The van der Waals surface area contributed by atoms with Gasteiger partial charge >= 0.3 is 0 Å². The summed E-state index contributed by atoms with van der Waals surface area (Å²) in [6, 6.07) is 22.2. The van der Waals surface area contributed by atoms with Crippen molar-refractivity contribution in [3.8, 4) is 11.5 Å². The molecule has 0 aliphatic carbocycles. The van der Waals surface area contributed by atoms with Gasteiger partial charge in [-0.05, 0) is 71.8 Å². The molecule has 0 radical (unpaired) electrons. The molecule has 1 fully saturated rings. The number of carbonyl (C=O) groups is 2. The van der Waals surface area contributed by atoms with Crippen molar-refractivity contribution in [2.75, 3.05) is 32.2 Å². The Kier molecular flexibility index (Phi) is 6.92. The third kappa shape index (κ3) is 4.68. The van der Waals surface area contributed by atoms with Crippen LogP contribution in [-0.2, 0) is 4.79 Å². The molecule has 0 spiro atoms. The fraction of sp³-hybridized carbons (Fsp3) is 0.355. The minimum atomic E-state index is -0.540. The predicted octanol–water partition coefficient (Wildman–Crippen LogP) is 5.69. The Hall–Kier alpha value is -3.80. The van der Waals surface area contributed by atoms with Crippen LogP contribution in [0.4, 0.5) is 5.69 Å². The Balaban J connectivity index is 1.69. The molecule has 3 aromatic carbocycles. The van der Waals surface area contributed by atoms with E-state index in [2.05, 4.69) is 13.8 Å². The molecule has 4 atom stereocenters. The van der Waals surface area contributed by atoms with Crippen molar-refractivity contribution in [1.29, 1.82) is 0 Å². The van der Waals surface area contributed by atoms with E-state index in [1.54, 1.807) is 19.1 Å². The molecule has 2 aliphatic rings. The zero-order valence-electron chi connectivity index (χ0n) is 21.9. The van der Waals surface area contributed by atoms with Crippen LogP contribution >= 0.6 is 0 Å². The molecule has 0 N–H and O–H groups in total. The molecule has 5 rings (SSSR count). The first-order valence-corrected chi connectivity index (χ1v) is 12.9. The number of fused-ring (bicyclic) bond motifs is 1. The first-order valence-electron chi connectivity index (χ1n) is 12.9. The number of rotatable bonds is 5. The summed E-state index contributed by atoms with van der Waals surface area (Å²) in [7, 11) is 3.25. The van der Waals surface area contributed by atoms with E-state index in [9.17, 15) is 9.59 Å². The molecule has 0 aromatic heterocycles. The Bertz CT molecular complexity index is 1260. The Morgan fingerprint density at radius 2 is 1.38 bits per heavy atom. The first kappa shape index (κ1) is 24.9. The number of hydrogen-bond donors (Lipinski definition) is 0. The second kappa shape index (κ2) is 10.3. The lowest BCUT2D eigenvalue weighted by Gasteiger charge is -2.45. The standard InChI is InChI=1S/C31H34N2O4/c1-20-17-21(2)19-32(18-20)31(35)28-26-7-5-6-8-27(26)30(34)33(23-11-15-25(37-4)16-12-23)29(28)22-9-13-24(36-3)14-10-22/h5-16,20-21,28-29H,17-19H2,1-4H3/t20-,21+,28-,29-/m1/s1. The van der Waals surface area contributed by atoms with Crippen molar-refractivity contribution >= 4 is 17.5 Å². The highest BCUT2D eigenvalue weighted by Crippen LogP contribution is 2.46. The second-order valence-corrected chi connectivity index (χ2v) is 10.3. The summed E-state index contributed by atoms with van der Waals surface area (Å²) in [4.78, 5) is 32.3. The highest BCUT2D eigenvalue weighted by Gasteiger charge is 2.46. The molecule has 0 saturated carbocycles. The van der Waals surface area contributed by atoms with Crippen LogP contribution in [0.3, 0.4) is 0 Å². The van der Waals surface area contributed by atoms with Gasteiger partial charge in [0, 0.05) is 24.3 Å². The fourth-order valence-corrected chi connectivity index (χ4v) is 6.01. The lowest BCUT2D eigenvalue weighted by atomic mass is 9.78. The largest absolute Gasteiger partial charge is 0.497 e. The number of hydrogen-bond acceptors (Lipinski definition) is 4. The summed E-state index contributed by atoms with van der Waals surface area (Å²) in [5.41, 5.74) is 2.96. The van der Waals surface area contributed by atoms with Crippen LogP contribution < -0.4 is 14.4 Å². The highest BCUT2D eigenvalue weighted by molar-refractivity contribution is 6.11. The van der Waals surface area contributed by atoms with E-state index in [0.717, 1.165) is 42.1 Å². The average Bonchev–Trinajstić information content (AvgIpc) is 2.92. The first-order chi connectivity index (χ1) is 17.9. The fourth-order valence-electron chi connectivity index (χ4n) is 6.01. The molecule has 2 heterocycles. The monoisotopic (exact) mass is 498 g/mol. The van der Waals surface area contributed by atoms with Crippen molar-refractivity contribution in [3.05, 3.63) is 89.5 Å². The van der Waals surface area contributed by atoms with Gasteiger partial charge in [0.15, 0.2) is 0 Å². The topological polar surface area (TPSA) is 59.1 Å². The third-order valence-corrected chi connectivity index (χ3v) is 7.59. The predicted molar refractivity (Wildman–Crippen MR) is 144 cm³/mol. The Labute approximate surface area is 218 Å². The van der Waals surface area contributed by atoms with Gasteiger partial charge in [0.2, 0.25) is 5.91 Å². The van der Waals surface area contributed by atoms with Crippen LogP contribution in [-0.4, -0.2) is 44.0 Å². The van der Waals surface area contributed by atoms with Crippen LogP contribution in [0.5, 0.6) is 11.5 Å². The maximum atomic E-state index is 14.4. The smallest absolute Gasteiger partial charge is 0.259 e. The van der Waals surface area contributed by atoms with E-state index in [1.807, 2.05) is 77.7 Å². The van der Waals surface area contributed by atoms with Gasteiger partial charge < -0.3 is 14.4 Å². The van der Waals surface area contributed by atoms with E-state index in [4.69, 9.17) is 9.47 Å². The molecular weight excluding hydrogens is 464 g/mol. The molecule has 37 heavy (non-hydrogen) atoms. The second-order valence-electron chi connectivity index (χ2n) is 10.3. The lowest BCUT2D eigenvalue weighted by molar-refractivity contribution is -0.136. The van der Waals surface area contributed by atoms with Crippen LogP contribution in [0.15, 0.2) is 72.8 Å². The van der Waals surface area contributed by atoms with Gasteiger partial charge in [0.05, 0.1) is 26.2 Å². The minimum Gasteiger partial charge on any atom is -0.497 e. The van der Waals surface area contributed by atoms with Gasteiger partial charge in [-0.1, -0.05) is 44.2 Å². The molecule has 2 aliphatic heterocycles. The number of carbonyl (C=O) groups excluding carboxylic acids is 2. The maximum Gasteiger partial charge on any atom is 0.259 e. The molecule has 2 amide bonds. The number of piperidine rings is 1. The summed E-state index contributed by atoms with van der Waals surface area (Å²) >= 11 is 0. The van der Waals surface area contributed by atoms with E-state index >= 15 is 0 Å². The third-order valence-electron chi connectivity index (χ3n) is 7.59. The van der Waals surface area contributed by atoms with Crippen molar-refractivity contribution in [1.82, 2.24) is 4.90 Å². The van der Waals surface area contributed by atoms with Gasteiger partial charge in [0.25, 0.3) is 5.91 Å². The number of anilines is 1. The summed E-state index contributed by atoms with van der Waals surface area (Å²) in [6.45, 7) is 5.87. The highest BCUT2D eigenvalue weighted by atomic mass is 16.5. The normalized spacial score (nSPS) is 23.4. The number of benzene rings is 3. The van der Waals surface area contributed by atoms with E-state index in [-0.39, 0.29) is 11.8 Å². The Morgan fingerprint density at radius 1 is 0.811 bits per heavy atom. The number of likely N-dealkylation sites (tertiary alicyclic amines) is 1. The molecule has 1 saturated heterocycles. The number of amides is 2. The molecule has 0 unspecified atom stereocenters. The molecule has 6 nitrogen and oxygen atoms in total. The Morgan fingerprint density at radius 3 is 1.97 bits per heavy atom. The zero-order valence-corrected chi connectivity index (χ0v) is 21.9. The summed E-state index contributed by atoms with van der Waals surface area (Å²) in [6.07, 6.45) is 1.11. The number of methoxy groups -OCH3 is 2. The van der Waals surface area contributed by atoms with Crippen molar-refractivity contribution < 1.29 is 19.1 Å². The molecular formula is C31H34N2O4. The van der Waals surface area contributed by atoms with Gasteiger partial charge in [-0.15, -0.1) is 0 Å². The lowest BCUT2D eigenvalue weighted by Crippen LogP contribution is -2.51. The molecule has 192 valence electrons. The maximum absolute atomic E-state index is 14.4. The van der Waals surface area contributed by atoms with Crippen LogP contribution in [0.2, 0.25) is 0 Å². The zero-order chi connectivity index (χ0) is 26.1. The summed E-state index contributed by atoms with van der Waals surface area (Å²) < 4.78 is 10.8. The van der Waals surface area contributed by atoms with Gasteiger partial charge in [-0.2, -0.15) is 0 Å². The SMILES string of the molecule is COc1ccc([C@@H]2[C@H](C(=O)N3C[C@H](C)C[C@H](C)C3)c3ccccc3C(=O)N2c2ccc(OC)cc2)cc1. The van der Waals surface area contributed by atoms with Crippen LogP contribution in [0.1, 0.15) is 53.7 Å². The van der Waals surface area contributed by atoms with Crippen LogP contribution in [0, 0.1) is 11.8 Å². The molecule has 3 aromatic rings. The van der Waals surface area contributed by atoms with E-state index < -0.39 is 12.0 Å². The number of ether oxygens (including phenoxy) is 2. The van der Waals surface area contributed by atoms with Gasteiger partial charge in [-0.3, -0.25) is 14.5 Å². The number of nitrogens with zero attached hydrogens (tertiary/aromatic N) is 2. The van der Waals surface area contributed by atoms with E-state index in [0.29, 0.717) is 23.1 Å². The van der Waals surface area contributed by atoms with E-state index in [1.165, 1.54) is 0 Å². The van der Waals surface area contributed by atoms with Crippen molar-refractivity contribution in [2.45, 2.75) is 32.2 Å². The quantitative estimate of drug-likeness (QED) is 0.453. The van der Waals surface area contributed by atoms with Crippen LogP contribution in [0.25, 0.3) is 0 Å².